The molecule has 2 nitrogen and oxygen atoms in total. The van der Waals surface area contributed by atoms with Gasteiger partial charge >= 0.3 is 67.5 Å². The Balaban J connectivity index is 7.56. The van der Waals surface area contributed by atoms with Crippen LogP contribution >= 0.6 is 0 Å². The topological polar surface area (TPSA) is 18.5 Å². The van der Waals surface area contributed by atoms with Crippen molar-refractivity contribution in [3.8, 4) is 0 Å². The molecule has 0 aliphatic carbocycles. The van der Waals surface area contributed by atoms with Gasteiger partial charge in [-0.25, -0.2) is 0 Å². The molecule has 0 amide bonds. The highest BCUT2D eigenvalue weighted by Gasteiger charge is 3.00. The SMILES string of the molecule is CO[Si](OC)(C(F)(F)C(F)(F)C(F)(F)C(F)(F)C(F)(F)F)C(F)(F)C(F)(F)C(F)(F)C(F)(F)C(F)(F)F. The molecule has 0 fully saturated rings. The molecule has 0 aliphatic heterocycles. The molecular formula is C12H6F22O2Si. The quantitative estimate of drug-likeness (QED) is 0.192. The first-order chi connectivity index (χ1) is 15.6. The van der Waals surface area contributed by atoms with Crippen molar-refractivity contribution in [1.29, 1.82) is 0 Å². The van der Waals surface area contributed by atoms with Gasteiger partial charge in [-0.05, 0) is 0 Å². The fourth-order valence-electron chi connectivity index (χ4n) is 2.35. The predicted molar refractivity (Wildman–Crippen MR) is 71.5 cm³/mol. The minimum atomic E-state index is -9.49. The van der Waals surface area contributed by atoms with E-state index in [9.17, 15) is 96.6 Å². The van der Waals surface area contributed by atoms with Crippen molar-refractivity contribution >= 4 is 8.56 Å². The molecule has 25 heteroatoms. The smallest absolute Gasteiger partial charge is 0.390 e. The van der Waals surface area contributed by atoms with E-state index in [0.29, 0.717) is 0 Å². The summed E-state index contributed by atoms with van der Waals surface area (Å²) in [4.78, 5) is 0. The number of halogens is 22. The summed E-state index contributed by atoms with van der Waals surface area (Å²) in [6.45, 7) is 0. The summed E-state index contributed by atoms with van der Waals surface area (Å²) in [5.74, 6) is -51.4. The van der Waals surface area contributed by atoms with Gasteiger partial charge in [-0.3, -0.25) is 0 Å². The minimum Gasteiger partial charge on any atom is -0.390 e. The number of hydrogen-bond acceptors (Lipinski definition) is 2. The molecule has 0 saturated heterocycles. The molecule has 0 N–H and O–H groups in total. The molecule has 0 aromatic rings. The highest BCUT2D eigenvalue weighted by Crippen LogP contribution is 2.65. The van der Waals surface area contributed by atoms with Crippen LogP contribution < -0.4 is 0 Å². The molecule has 0 radical (unpaired) electrons. The third kappa shape index (κ3) is 4.11. The van der Waals surface area contributed by atoms with Crippen molar-refractivity contribution in [2.45, 2.75) is 59.0 Å². The van der Waals surface area contributed by atoms with Crippen molar-refractivity contribution in [1.82, 2.24) is 0 Å². The normalized spacial score (nSPS) is 16.9. The van der Waals surface area contributed by atoms with Crippen LogP contribution in [-0.4, -0.2) is 81.8 Å². The van der Waals surface area contributed by atoms with Crippen LogP contribution in [0.5, 0.6) is 0 Å². The van der Waals surface area contributed by atoms with Gasteiger partial charge < -0.3 is 8.85 Å². The van der Waals surface area contributed by atoms with E-state index < -0.39 is 81.8 Å². The third-order valence-corrected chi connectivity index (χ3v) is 7.91. The zero-order valence-electron chi connectivity index (χ0n) is 16.6. The summed E-state index contributed by atoms with van der Waals surface area (Å²) in [6, 6.07) is 0. The molecule has 0 aromatic heterocycles. The van der Waals surface area contributed by atoms with Crippen LogP contribution in [0.1, 0.15) is 0 Å². The maximum Gasteiger partial charge on any atom is 0.502 e. The number of hydrogen-bond donors (Lipinski definition) is 0. The van der Waals surface area contributed by atoms with Crippen LogP contribution in [0.25, 0.3) is 0 Å². The van der Waals surface area contributed by atoms with E-state index in [2.05, 4.69) is 8.85 Å². The minimum absolute atomic E-state index is 1.01. The average Bonchev–Trinajstić information content (AvgIpc) is 2.66. The molecule has 0 unspecified atom stereocenters. The van der Waals surface area contributed by atoms with Crippen molar-refractivity contribution < 1.29 is 105 Å². The lowest BCUT2D eigenvalue weighted by Gasteiger charge is -2.47. The maximum absolute atomic E-state index is 14.3. The summed E-state index contributed by atoms with van der Waals surface area (Å²) >= 11 is 0. The predicted octanol–water partition coefficient (Wildman–Crippen LogP) is 7.01. The Hall–Kier alpha value is -1.40. The largest absolute Gasteiger partial charge is 0.502 e. The van der Waals surface area contributed by atoms with Gasteiger partial charge in [-0.2, -0.15) is 96.6 Å². The maximum atomic E-state index is 14.3. The molecule has 0 aliphatic rings. The summed E-state index contributed by atoms with van der Waals surface area (Å²) < 4.78 is 296. The second-order valence-electron chi connectivity index (χ2n) is 6.62. The monoisotopic (exact) mass is 628 g/mol. The second-order valence-corrected chi connectivity index (χ2v) is 9.92. The van der Waals surface area contributed by atoms with Crippen LogP contribution in [-0.2, 0) is 8.85 Å². The van der Waals surface area contributed by atoms with Crippen LogP contribution in [0, 0.1) is 0 Å². The van der Waals surface area contributed by atoms with Gasteiger partial charge in [-0.1, -0.05) is 0 Å². The van der Waals surface area contributed by atoms with Crippen LogP contribution in [0.3, 0.4) is 0 Å². The van der Waals surface area contributed by atoms with E-state index in [4.69, 9.17) is 0 Å². The lowest BCUT2D eigenvalue weighted by Crippen LogP contribution is -2.84. The summed E-state index contributed by atoms with van der Waals surface area (Å²) in [6.07, 6.45) is -15.9. The first kappa shape index (κ1) is 35.6. The lowest BCUT2D eigenvalue weighted by molar-refractivity contribution is -0.425. The van der Waals surface area contributed by atoms with E-state index in [1.807, 2.05) is 0 Å². The number of alkyl halides is 22. The highest BCUT2D eigenvalue weighted by atomic mass is 28.4. The van der Waals surface area contributed by atoms with E-state index >= 15 is 0 Å². The van der Waals surface area contributed by atoms with E-state index in [-0.39, 0.29) is 0 Å². The average molecular weight is 628 g/mol. The fourth-order valence-corrected chi connectivity index (χ4v) is 5.08. The Kier molecular flexibility index (Phi) is 8.47. The molecule has 224 valence electrons. The molecular weight excluding hydrogens is 622 g/mol. The molecule has 0 aromatic carbocycles. The molecule has 0 rings (SSSR count). The Morgan fingerprint density at radius 3 is 0.649 bits per heavy atom. The van der Waals surface area contributed by atoms with Gasteiger partial charge in [0.05, 0.1) is 0 Å². The van der Waals surface area contributed by atoms with Gasteiger partial charge in [-0.15, -0.1) is 0 Å². The van der Waals surface area contributed by atoms with Gasteiger partial charge in [0.1, 0.15) is 0 Å². The van der Waals surface area contributed by atoms with E-state index in [1.54, 1.807) is 0 Å². The number of rotatable bonds is 10. The Morgan fingerprint density at radius 1 is 0.324 bits per heavy atom. The van der Waals surface area contributed by atoms with Crippen molar-refractivity contribution in [3.05, 3.63) is 0 Å². The van der Waals surface area contributed by atoms with Crippen molar-refractivity contribution in [2.75, 3.05) is 14.2 Å². The van der Waals surface area contributed by atoms with E-state index in [1.165, 1.54) is 0 Å². The molecule has 0 spiro atoms. The first-order valence-corrected chi connectivity index (χ1v) is 9.70. The molecule has 0 saturated carbocycles. The molecule has 0 heterocycles. The van der Waals surface area contributed by atoms with Crippen LogP contribution in [0.2, 0.25) is 0 Å². The summed E-state index contributed by atoms with van der Waals surface area (Å²) in [5.41, 5.74) is -16.8. The van der Waals surface area contributed by atoms with Gasteiger partial charge in [0.15, 0.2) is 0 Å². The molecule has 0 atom stereocenters. The van der Waals surface area contributed by atoms with Gasteiger partial charge in [0.25, 0.3) is 0 Å². The third-order valence-electron chi connectivity index (χ3n) is 4.48. The lowest BCUT2D eigenvalue weighted by atomic mass is 10.0. The Bertz CT molecular complexity index is 756. The highest BCUT2D eigenvalue weighted by molar-refractivity contribution is 6.73. The zero-order chi connectivity index (χ0) is 30.9. The van der Waals surface area contributed by atoms with Crippen molar-refractivity contribution in [2.24, 2.45) is 0 Å². The molecule has 0 bridgehead atoms. The first-order valence-electron chi connectivity index (χ1n) is 7.88. The van der Waals surface area contributed by atoms with Gasteiger partial charge in [0.2, 0.25) is 0 Å². The second kappa shape index (κ2) is 8.80. The summed E-state index contributed by atoms with van der Waals surface area (Å²) in [5, 5.41) is 0. The van der Waals surface area contributed by atoms with Crippen molar-refractivity contribution in [3.63, 3.8) is 0 Å². The Morgan fingerprint density at radius 2 is 0.514 bits per heavy atom. The molecule has 37 heavy (non-hydrogen) atoms. The van der Waals surface area contributed by atoms with Crippen LogP contribution in [0.4, 0.5) is 96.6 Å². The standard InChI is InChI=1S/C12H6F22O2Si/c1-35-37(36-2,11(31,32)7(21,22)3(13,14)5(17,18)9(25,26)27)12(33,34)8(23,24)4(15,16)6(19,20)10(28,29)30/h1-2H3. The fraction of sp³-hybridized carbons (Fsp3) is 1.00. The van der Waals surface area contributed by atoms with Gasteiger partial charge in [0, 0.05) is 14.2 Å². The van der Waals surface area contributed by atoms with Crippen LogP contribution in [0.15, 0.2) is 0 Å². The Labute approximate surface area is 188 Å². The van der Waals surface area contributed by atoms with E-state index in [0.717, 1.165) is 0 Å². The zero-order valence-corrected chi connectivity index (χ0v) is 17.6. The summed E-state index contributed by atoms with van der Waals surface area (Å²) in [7, 11) is -11.5.